The monoisotopic (exact) mass is 141 g/mol. The Kier molecular flexibility index (Phi) is 5.45. The van der Waals surface area contributed by atoms with Gasteiger partial charge in [0.1, 0.15) is 0 Å². The fraction of sp³-hybridized carbons (Fsp3) is 0.714. The SMILES string of the molecule is CCCOC(=O)CCC#N. The molecule has 0 aliphatic rings. The molecule has 0 fully saturated rings. The maximum absolute atomic E-state index is 10.6. The normalized spacial score (nSPS) is 8.40. The summed E-state index contributed by atoms with van der Waals surface area (Å²) in [5, 5.41) is 8.08. The molecule has 3 nitrogen and oxygen atoms in total. The molecule has 0 saturated heterocycles. The van der Waals surface area contributed by atoms with Crippen LogP contribution in [0.1, 0.15) is 26.2 Å². The van der Waals surface area contributed by atoms with E-state index in [1.165, 1.54) is 0 Å². The molecule has 0 aliphatic carbocycles. The third-order valence-corrected chi connectivity index (χ3v) is 0.908. The predicted molar refractivity (Wildman–Crippen MR) is 36.1 cm³/mol. The van der Waals surface area contributed by atoms with Crippen molar-refractivity contribution < 1.29 is 9.53 Å². The second-order valence-corrected chi connectivity index (χ2v) is 1.88. The van der Waals surface area contributed by atoms with Crippen LogP contribution in [0.2, 0.25) is 0 Å². The molecule has 0 heterocycles. The average molecular weight is 141 g/mol. The molecule has 0 rings (SSSR count). The molecule has 0 amide bonds. The summed E-state index contributed by atoms with van der Waals surface area (Å²) in [5.41, 5.74) is 0. The second kappa shape index (κ2) is 6.09. The van der Waals surface area contributed by atoms with Crippen molar-refractivity contribution in [1.29, 1.82) is 5.26 Å². The standard InChI is InChI=1S/C7H11NO2/c1-2-6-10-7(9)4-3-5-8/h2-4,6H2,1H3. The largest absolute Gasteiger partial charge is 0.466 e. The zero-order chi connectivity index (χ0) is 7.82. The lowest BCUT2D eigenvalue weighted by Crippen LogP contribution is -2.03. The van der Waals surface area contributed by atoms with E-state index in [-0.39, 0.29) is 18.8 Å². The first-order valence-corrected chi connectivity index (χ1v) is 3.33. The molecule has 0 unspecified atom stereocenters. The van der Waals surface area contributed by atoms with Crippen molar-refractivity contribution >= 4 is 5.97 Å². The van der Waals surface area contributed by atoms with Gasteiger partial charge in [0.15, 0.2) is 0 Å². The van der Waals surface area contributed by atoms with E-state index in [0.29, 0.717) is 6.61 Å². The van der Waals surface area contributed by atoms with Crippen LogP contribution in [-0.4, -0.2) is 12.6 Å². The Morgan fingerprint density at radius 2 is 2.40 bits per heavy atom. The van der Waals surface area contributed by atoms with Crippen LogP contribution in [0.25, 0.3) is 0 Å². The topological polar surface area (TPSA) is 50.1 Å². The van der Waals surface area contributed by atoms with Crippen LogP contribution in [0.4, 0.5) is 0 Å². The molecule has 56 valence electrons. The Morgan fingerprint density at radius 1 is 1.70 bits per heavy atom. The lowest BCUT2D eigenvalue weighted by Gasteiger charge is -1.98. The van der Waals surface area contributed by atoms with E-state index in [1.807, 2.05) is 13.0 Å². The number of hydrogen-bond donors (Lipinski definition) is 0. The van der Waals surface area contributed by atoms with Gasteiger partial charge >= 0.3 is 5.97 Å². The fourth-order valence-corrected chi connectivity index (χ4v) is 0.446. The molecule has 10 heavy (non-hydrogen) atoms. The second-order valence-electron chi connectivity index (χ2n) is 1.88. The van der Waals surface area contributed by atoms with Crippen LogP contribution < -0.4 is 0 Å². The average Bonchev–Trinajstić information content (AvgIpc) is 1.97. The Labute approximate surface area is 60.6 Å². The van der Waals surface area contributed by atoms with Crippen LogP contribution in [0.15, 0.2) is 0 Å². The minimum Gasteiger partial charge on any atom is -0.466 e. The molecular weight excluding hydrogens is 130 g/mol. The van der Waals surface area contributed by atoms with E-state index in [1.54, 1.807) is 0 Å². The number of rotatable bonds is 4. The van der Waals surface area contributed by atoms with Gasteiger partial charge in [0.05, 0.1) is 19.1 Å². The van der Waals surface area contributed by atoms with E-state index < -0.39 is 0 Å². The van der Waals surface area contributed by atoms with Crippen molar-refractivity contribution in [2.75, 3.05) is 6.61 Å². The number of nitriles is 1. The van der Waals surface area contributed by atoms with Gasteiger partial charge in [-0.3, -0.25) is 4.79 Å². The summed E-state index contributed by atoms with van der Waals surface area (Å²) in [6, 6.07) is 1.87. The molecule has 0 radical (unpaired) electrons. The highest BCUT2D eigenvalue weighted by molar-refractivity contribution is 5.69. The number of ether oxygens (including phenoxy) is 1. The summed E-state index contributed by atoms with van der Waals surface area (Å²) in [6.07, 6.45) is 1.30. The van der Waals surface area contributed by atoms with E-state index >= 15 is 0 Å². The zero-order valence-corrected chi connectivity index (χ0v) is 6.09. The van der Waals surface area contributed by atoms with E-state index in [0.717, 1.165) is 6.42 Å². The maximum atomic E-state index is 10.6. The Hall–Kier alpha value is -1.04. The molecule has 0 atom stereocenters. The zero-order valence-electron chi connectivity index (χ0n) is 6.09. The van der Waals surface area contributed by atoms with Gasteiger partial charge in [0.25, 0.3) is 0 Å². The molecule has 0 aliphatic heterocycles. The molecule has 0 N–H and O–H groups in total. The minimum absolute atomic E-state index is 0.219. The van der Waals surface area contributed by atoms with Gasteiger partial charge in [-0.2, -0.15) is 5.26 Å². The van der Waals surface area contributed by atoms with Gasteiger partial charge in [-0.1, -0.05) is 6.92 Å². The molecule has 0 bridgehead atoms. The van der Waals surface area contributed by atoms with Gasteiger partial charge in [0.2, 0.25) is 0 Å². The summed E-state index contributed by atoms with van der Waals surface area (Å²) >= 11 is 0. The molecular formula is C7H11NO2. The molecule has 3 heteroatoms. The van der Waals surface area contributed by atoms with Crippen LogP contribution >= 0.6 is 0 Å². The number of carbonyl (C=O) groups excluding carboxylic acids is 1. The Bertz CT molecular complexity index is 137. The quantitative estimate of drug-likeness (QED) is 0.553. The molecule has 0 aromatic rings. The van der Waals surface area contributed by atoms with Crippen molar-refractivity contribution in [3.8, 4) is 6.07 Å². The third-order valence-electron chi connectivity index (χ3n) is 0.908. The number of hydrogen-bond acceptors (Lipinski definition) is 3. The van der Waals surface area contributed by atoms with Gasteiger partial charge in [-0.25, -0.2) is 0 Å². The number of carbonyl (C=O) groups is 1. The Balaban J connectivity index is 3.19. The Morgan fingerprint density at radius 3 is 2.90 bits per heavy atom. The lowest BCUT2D eigenvalue weighted by atomic mass is 10.3. The van der Waals surface area contributed by atoms with Gasteiger partial charge < -0.3 is 4.74 Å². The molecule has 0 saturated carbocycles. The van der Waals surface area contributed by atoms with Crippen molar-refractivity contribution in [3.63, 3.8) is 0 Å². The maximum Gasteiger partial charge on any atom is 0.306 e. The summed E-state index contributed by atoms with van der Waals surface area (Å²) < 4.78 is 4.70. The molecule has 0 aromatic carbocycles. The first-order valence-electron chi connectivity index (χ1n) is 3.33. The molecule has 0 aromatic heterocycles. The van der Waals surface area contributed by atoms with E-state index in [4.69, 9.17) is 10.00 Å². The first kappa shape index (κ1) is 8.96. The van der Waals surface area contributed by atoms with Crippen molar-refractivity contribution in [3.05, 3.63) is 0 Å². The van der Waals surface area contributed by atoms with Crippen molar-refractivity contribution in [2.24, 2.45) is 0 Å². The van der Waals surface area contributed by atoms with E-state index in [2.05, 4.69) is 0 Å². The first-order chi connectivity index (χ1) is 4.81. The van der Waals surface area contributed by atoms with Crippen LogP contribution in [0.3, 0.4) is 0 Å². The summed E-state index contributed by atoms with van der Waals surface area (Å²) in [5.74, 6) is -0.275. The highest BCUT2D eigenvalue weighted by atomic mass is 16.5. The number of nitrogens with zero attached hydrogens (tertiary/aromatic N) is 1. The van der Waals surface area contributed by atoms with Crippen LogP contribution in [0.5, 0.6) is 0 Å². The number of esters is 1. The smallest absolute Gasteiger partial charge is 0.306 e. The highest BCUT2D eigenvalue weighted by Crippen LogP contribution is 1.91. The lowest BCUT2D eigenvalue weighted by molar-refractivity contribution is -0.143. The third kappa shape index (κ3) is 5.10. The molecule has 0 spiro atoms. The fourth-order valence-electron chi connectivity index (χ4n) is 0.446. The van der Waals surface area contributed by atoms with E-state index in [9.17, 15) is 4.79 Å². The minimum atomic E-state index is -0.275. The summed E-state index contributed by atoms with van der Waals surface area (Å²) in [6.45, 7) is 2.39. The summed E-state index contributed by atoms with van der Waals surface area (Å²) in [4.78, 5) is 10.6. The van der Waals surface area contributed by atoms with Crippen LogP contribution in [0, 0.1) is 11.3 Å². The van der Waals surface area contributed by atoms with Gasteiger partial charge in [0, 0.05) is 6.42 Å². The predicted octanol–water partition coefficient (Wildman–Crippen LogP) is 1.24. The van der Waals surface area contributed by atoms with Crippen molar-refractivity contribution in [2.45, 2.75) is 26.2 Å². The van der Waals surface area contributed by atoms with Gasteiger partial charge in [-0.15, -0.1) is 0 Å². The van der Waals surface area contributed by atoms with Crippen LogP contribution in [-0.2, 0) is 9.53 Å². The summed E-state index contributed by atoms with van der Waals surface area (Å²) in [7, 11) is 0. The highest BCUT2D eigenvalue weighted by Gasteiger charge is 1.99. The van der Waals surface area contributed by atoms with Crippen molar-refractivity contribution in [1.82, 2.24) is 0 Å². The van der Waals surface area contributed by atoms with Gasteiger partial charge in [-0.05, 0) is 6.42 Å².